The molecule has 5 aromatic carbocycles. The van der Waals surface area contributed by atoms with Gasteiger partial charge >= 0.3 is 23.9 Å². The van der Waals surface area contributed by atoms with E-state index >= 15 is 0 Å². The molecule has 7 rings (SSSR count). The number of aromatic carboxylic acids is 2. The molecule has 2 N–H and O–H groups in total. The van der Waals surface area contributed by atoms with Crippen molar-refractivity contribution in [2.24, 2.45) is 0 Å². The molecule has 1 aromatic heterocycles. The third kappa shape index (κ3) is 1.79. The number of thiophene rings is 1. The van der Waals surface area contributed by atoms with Crippen LogP contribution in [0.2, 0.25) is 0 Å². The van der Waals surface area contributed by atoms with Crippen LogP contribution < -0.4 is 0 Å². The second-order valence-corrected chi connectivity index (χ2v) is 8.89. The Morgan fingerprint density at radius 1 is 0.656 bits per heavy atom. The number of rotatable bonds is 2. The minimum absolute atomic E-state index is 0.0878. The van der Waals surface area contributed by atoms with E-state index in [2.05, 4.69) is 0 Å². The van der Waals surface area contributed by atoms with Crippen molar-refractivity contribution in [3.8, 4) is 0 Å². The Balaban J connectivity index is 1.89. The number of fused-ring (bicyclic) bond motifs is 1. The molecule has 0 saturated heterocycles. The van der Waals surface area contributed by atoms with Crippen LogP contribution in [0.3, 0.4) is 0 Å². The van der Waals surface area contributed by atoms with Gasteiger partial charge in [-0.3, -0.25) is 0 Å². The first-order chi connectivity index (χ1) is 15.4. The monoisotopic (exact) mass is 440 g/mol. The number of carbonyl (C=O) groups is 4. The van der Waals surface area contributed by atoms with Crippen molar-refractivity contribution in [3.05, 3.63) is 58.7 Å². The molecule has 7 nitrogen and oxygen atoms in total. The average Bonchev–Trinajstić information content (AvgIpc) is 3.14. The van der Waals surface area contributed by atoms with E-state index in [1.54, 1.807) is 24.3 Å². The SMILES string of the molecule is O=C(O)c1ccc2c3ccc4c5c(cc6sc7cc(C(=O)O)c1c2c7c6c53)C(=O)OC4=O. The maximum atomic E-state index is 12.5. The Morgan fingerprint density at radius 2 is 1.25 bits per heavy atom. The van der Waals surface area contributed by atoms with E-state index in [9.17, 15) is 29.4 Å². The molecule has 0 fully saturated rings. The average molecular weight is 440 g/mol. The minimum atomic E-state index is -1.22. The summed E-state index contributed by atoms with van der Waals surface area (Å²) in [5.41, 5.74) is 0.406. The van der Waals surface area contributed by atoms with Crippen LogP contribution in [0.4, 0.5) is 0 Å². The molecule has 0 unspecified atom stereocenters. The van der Waals surface area contributed by atoms with Gasteiger partial charge in [0, 0.05) is 41.7 Å². The molecule has 32 heavy (non-hydrogen) atoms. The largest absolute Gasteiger partial charge is 0.478 e. The van der Waals surface area contributed by atoms with Gasteiger partial charge in [-0.2, -0.15) is 0 Å². The molecule has 0 atom stereocenters. The molecule has 0 amide bonds. The second kappa shape index (κ2) is 5.30. The first-order valence-electron chi connectivity index (χ1n) is 9.56. The van der Waals surface area contributed by atoms with E-state index in [1.165, 1.54) is 23.5 Å². The summed E-state index contributed by atoms with van der Waals surface area (Å²) in [5.74, 6) is -3.86. The molecule has 0 aliphatic carbocycles. The number of benzene rings is 5. The normalized spacial score (nSPS) is 13.9. The summed E-state index contributed by atoms with van der Waals surface area (Å²) in [5, 5.41) is 24.6. The zero-order valence-corrected chi connectivity index (χ0v) is 16.6. The molecule has 152 valence electrons. The summed E-state index contributed by atoms with van der Waals surface area (Å²) < 4.78 is 6.32. The van der Waals surface area contributed by atoms with E-state index < -0.39 is 23.9 Å². The molecule has 0 bridgehead atoms. The summed E-state index contributed by atoms with van der Waals surface area (Å²) in [7, 11) is 0. The molecule has 0 saturated carbocycles. The summed E-state index contributed by atoms with van der Waals surface area (Å²) in [6.45, 7) is 0. The van der Waals surface area contributed by atoms with Gasteiger partial charge in [0.15, 0.2) is 0 Å². The quantitative estimate of drug-likeness (QED) is 0.166. The number of ether oxygens (including phenoxy) is 1. The molecule has 0 radical (unpaired) electrons. The van der Waals surface area contributed by atoms with E-state index in [0.717, 1.165) is 26.2 Å². The molecule has 6 aromatic rings. The van der Waals surface area contributed by atoms with Crippen molar-refractivity contribution >= 4 is 87.7 Å². The van der Waals surface area contributed by atoms with Crippen LogP contribution >= 0.6 is 11.3 Å². The van der Waals surface area contributed by atoms with E-state index in [-0.39, 0.29) is 22.1 Å². The van der Waals surface area contributed by atoms with Crippen LogP contribution in [-0.2, 0) is 4.74 Å². The highest BCUT2D eigenvalue weighted by molar-refractivity contribution is 7.26. The van der Waals surface area contributed by atoms with Crippen LogP contribution in [0.1, 0.15) is 41.4 Å². The van der Waals surface area contributed by atoms with Crippen molar-refractivity contribution in [2.45, 2.75) is 0 Å². The molecule has 0 spiro atoms. The van der Waals surface area contributed by atoms with Gasteiger partial charge in [-0.05, 0) is 35.0 Å². The lowest BCUT2D eigenvalue weighted by Gasteiger charge is -2.20. The van der Waals surface area contributed by atoms with E-state index in [0.29, 0.717) is 26.4 Å². The minimum Gasteiger partial charge on any atom is -0.478 e. The fraction of sp³-hybridized carbons (Fsp3) is 0. The predicted molar refractivity (Wildman–Crippen MR) is 118 cm³/mol. The number of cyclic esters (lactones) is 2. The van der Waals surface area contributed by atoms with Gasteiger partial charge in [-0.15, -0.1) is 11.3 Å². The zero-order chi connectivity index (χ0) is 22.0. The standard InChI is InChI=1S/C24H8O7S/c25-21(26)9-3-1-7-8-2-4-10-16-12(24(30)31-23(10)29)6-14-20(18(8)16)19-13(32-14)5-11(22(27)28)15(9)17(7)19/h1-6H,(H,25,26)(H,27,28). The Morgan fingerprint density at radius 3 is 1.94 bits per heavy atom. The fourth-order valence-corrected chi connectivity index (χ4v) is 6.38. The van der Waals surface area contributed by atoms with Crippen molar-refractivity contribution in [1.29, 1.82) is 0 Å². The third-order valence-electron chi connectivity index (χ3n) is 6.34. The lowest BCUT2D eigenvalue weighted by Crippen LogP contribution is -2.19. The number of hydrogen-bond acceptors (Lipinski definition) is 6. The van der Waals surface area contributed by atoms with Gasteiger partial charge in [0.25, 0.3) is 0 Å². The zero-order valence-electron chi connectivity index (χ0n) is 15.8. The highest BCUT2D eigenvalue weighted by Gasteiger charge is 2.32. The Labute approximate surface area is 180 Å². The maximum Gasteiger partial charge on any atom is 0.346 e. The van der Waals surface area contributed by atoms with Gasteiger partial charge in [-0.25, -0.2) is 19.2 Å². The Hall–Kier alpha value is -4.30. The van der Waals surface area contributed by atoms with Crippen molar-refractivity contribution < 1.29 is 34.1 Å². The highest BCUT2D eigenvalue weighted by atomic mass is 32.1. The number of carbonyl (C=O) groups excluding carboxylic acids is 2. The molecule has 8 heteroatoms. The second-order valence-electron chi connectivity index (χ2n) is 7.81. The number of hydrogen-bond donors (Lipinski definition) is 2. The summed E-state index contributed by atoms with van der Waals surface area (Å²) in [4.78, 5) is 49.0. The molecule has 1 aliphatic heterocycles. The van der Waals surface area contributed by atoms with Gasteiger partial charge in [-0.1, -0.05) is 12.1 Å². The van der Waals surface area contributed by atoms with Crippen LogP contribution in [0, 0.1) is 0 Å². The number of esters is 2. The summed E-state index contributed by atoms with van der Waals surface area (Å²) in [6.07, 6.45) is 0. The van der Waals surface area contributed by atoms with Gasteiger partial charge in [0.05, 0.1) is 22.3 Å². The summed E-state index contributed by atoms with van der Waals surface area (Å²) >= 11 is 1.32. The number of carboxylic acids is 2. The van der Waals surface area contributed by atoms with Crippen molar-refractivity contribution in [1.82, 2.24) is 0 Å². The first-order valence-corrected chi connectivity index (χ1v) is 10.4. The lowest BCUT2D eigenvalue weighted by atomic mass is 9.84. The lowest BCUT2D eigenvalue weighted by molar-refractivity contribution is 0.0390. The fourth-order valence-electron chi connectivity index (χ4n) is 5.18. The molecule has 2 heterocycles. The molecular weight excluding hydrogens is 432 g/mol. The smallest absolute Gasteiger partial charge is 0.346 e. The van der Waals surface area contributed by atoms with E-state index in [4.69, 9.17) is 4.74 Å². The number of carboxylic acid groups (broad SMARTS) is 2. The van der Waals surface area contributed by atoms with Gasteiger partial charge in [0.1, 0.15) is 0 Å². The first kappa shape index (κ1) is 17.4. The molecular formula is C24H8O7S. The van der Waals surface area contributed by atoms with Gasteiger partial charge < -0.3 is 14.9 Å². The van der Waals surface area contributed by atoms with Crippen LogP contribution in [0.25, 0.3) is 52.5 Å². The maximum absolute atomic E-state index is 12.5. The summed E-state index contributed by atoms with van der Waals surface area (Å²) in [6, 6.07) is 9.56. The van der Waals surface area contributed by atoms with Crippen LogP contribution in [-0.4, -0.2) is 34.1 Å². The third-order valence-corrected chi connectivity index (χ3v) is 7.42. The van der Waals surface area contributed by atoms with Crippen LogP contribution in [0.15, 0.2) is 36.4 Å². The topological polar surface area (TPSA) is 118 Å². The van der Waals surface area contributed by atoms with E-state index in [1.807, 2.05) is 0 Å². The van der Waals surface area contributed by atoms with Crippen molar-refractivity contribution in [3.63, 3.8) is 0 Å². The predicted octanol–water partition coefficient (Wildman–Crippen LogP) is 5.10. The van der Waals surface area contributed by atoms with Gasteiger partial charge in [0.2, 0.25) is 0 Å². The highest BCUT2D eigenvalue weighted by Crippen LogP contribution is 2.51. The molecule has 1 aliphatic rings. The Bertz CT molecular complexity index is 1890. The van der Waals surface area contributed by atoms with Crippen LogP contribution in [0.5, 0.6) is 0 Å². The van der Waals surface area contributed by atoms with Crippen molar-refractivity contribution in [2.75, 3.05) is 0 Å². The Kier molecular flexibility index (Phi) is 2.88.